The van der Waals surface area contributed by atoms with Crippen molar-refractivity contribution in [3.63, 3.8) is 0 Å². The summed E-state index contributed by atoms with van der Waals surface area (Å²) in [5, 5.41) is 3.04. The molecule has 0 atom stereocenters. The average Bonchev–Trinajstić information content (AvgIpc) is 2.38. The molecule has 0 aliphatic carbocycles. The fourth-order valence-electron chi connectivity index (χ4n) is 2.08. The molecule has 1 aromatic rings. The first kappa shape index (κ1) is 17.8. The first-order valence-electron chi connectivity index (χ1n) is 7.10. The van der Waals surface area contributed by atoms with E-state index < -0.39 is 12.7 Å². The smallest absolute Gasteiger partial charge is 0.401 e. The largest absolute Gasteiger partial charge is 0.492 e. The van der Waals surface area contributed by atoms with Gasteiger partial charge in [-0.2, -0.15) is 13.2 Å². The fourth-order valence-corrected chi connectivity index (χ4v) is 2.08. The van der Waals surface area contributed by atoms with E-state index in [9.17, 15) is 13.2 Å². The predicted octanol–water partition coefficient (Wildman–Crippen LogP) is 3.06. The van der Waals surface area contributed by atoms with E-state index in [2.05, 4.69) is 5.32 Å². The van der Waals surface area contributed by atoms with Gasteiger partial charge in [0.25, 0.3) is 0 Å². The highest BCUT2D eigenvalue weighted by Gasteiger charge is 2.30. The maximum atomic E-state index is 12.4. The van der Waals surface area contributed by atoms with Crippen LogP contribution in [-0.4, -0.2) is 44.4 Å². The van der Waals surface area contributed by atoms with Crippen LogP contribution in [0.25, 0.3) is 0 Å². The number of nitrogens with one attached hydrogen (secondary N) is 1. The molecule has 0 unspecified atom stereocenters. The Balaban J connectivity index is 2.44. The summed E-state index contributed by atoms with van der Waals surface area (Å²) in [6, 6.07) is 7.55. The van der Waals surface area contributed by atoms with Gasteiger partial charge in [0, 0.05) is 13.1 Å². The molecule has 0 saturated heterocycles. The molecule has 0 spiro atoms. The van der Waals surface area contributed by atoms with Crippen molar-refractivity contribution in [2.45, 2.75) is 26.1 Å². The molecule has 0 bridgehead atoms. The zero-order valence-electron chi connectivity index (χ0n) is 12.5. The van der Waals surface area contributed by atoms with Crippen LogP contribution in [0.5, 0.6) is 5.75 Å². The molecule has 120 valence electrons. The van der Waals surface area contributed by atoms with Gasteiger partial charge in [0.1, 0.15) is 12.4 Å². The molecule has 0 aliphatic heterocycles. The molecular weight excluding hydrogens is 281 g/mol. The first-order chi connectivity index (χ1) is 9.94. The minimum Gasteiger partial charge on any atom is -0.492 e. The van der Waals surface area contributed by atoms with Crippen LogP contribution in [0.15, 0.2) is 24.3 Å². The van der Waals surface area contributed by atoms with Crippen molar-refractivity contribution in [1.82, 2.24) is 10.2 Å². The van der Waals surface area contributed by atoms with Gasteiger partial charge in [-0.25, -0.2) is 0 Å². The summed E-state index contributed by atoms with van der Waals surface area (Å²) in [6.45, 7) is 2.65. The molecular formula is C15H23F3N2O. The molecule has 6 heteroatoms. The van der Waals surface area contributed by atoms with Gasteiger partial charge in [0.15, 0.2) is 0 Å². The number of hydrogen-bond acceptors (Lipinski definition) is 3. The Morgan fingerprint density at radius 1 is 1.24 bits per heavy atom. The average molecular weight is 304 g/mol. The number of nitrogens with zero attached hydrogens (tertiary/aromatic N) is 1. The number of ether oxygens (including phenoxy) is 1. The van der Waals surface area contributed by atoms with E-state index in [0.717, 1.165) is 12.1 Å². The normalized spacial score (nSPS) is 11.9. The third-order valence-corrected chi connectivity index (χ3v) is 2.90. The quantitative estimate of drug-likeness (QED) is 0.759. The lowest BCUT2D eigenvalue weighted by Gasteiger charge is -2.23. The van der Waals surface area contributed by atoms with Gasteiger partial charge in [-0.15, -0.1) is 0 Å². The summed E-state index contributed by atoms with van der Waals surface area (Å²) in [7, 11) is 1.85. The van der Waals surface area contributed by atoms with Gasteiger partial charge in [0.2, 0.25) is 0 Å². The zero-order chi connectivity index (χ0) is 15.7. The molecule has 0 amide bonds. The topological polar surface area (TPSA) is 24.5 Å². The highest BCUT2D eigenvalue weighted by atomic mass is 19.4. The molecule has 0 radical (unpaired) electrons. The molecule has 0 fully saturated rings. The predicted molar refractivity (Wildman–Crippen MR) is 77.5 cm³/mol. The minimum absolute atomic E-state index is 0.249. The highest BCUT2D eigenvalue weighted by Crippen LogP contribution is 2.17. The van der Waals surface area contributed by atoms with E-state index >= 15 is 0 Å². The van der Waals surface area contributed by atoms with E-state index in [-0.39, 0.29) is 13.2 Å². The van der Waals surface area contributed by atoms with Crippen molar-refractivity contribution >= 4 is 0 Å². The Hall–Kier alpha value is -1.27. The Morgan fingerprint density at radius 3 is 2.62 bits per heavy atom. The molecule has 1 rings (SSSR count). The second kappa shape index (κ2) is 8.89. The van der Waals surface area contributed by atoms with Gasteiger partial charge in [0.05, 0.1) is 6.54 Å². The fraction of sp³-hybridized carbons (Fsp3) is 0.600. The van der Waals surface area contributed by atoms with E-state index in [0.29, 0.717) is 18.7 Å². The standard InChI is InChI=1S/C15H23F3N2O/c1-3-7-20(12-15(16,17)18)8-9-21-14-6-4-5-13(10-14)11-19-2/h4-6,10,19H,3,7-9,11-12H2,1-2H3. The molecule has 0 aliphatic rings. The van der Waals surface area contributed by atoms with Crippen molar-refractivity contribution in [1.29, 1.82) is 0 Å². The van der Waals surface area contributed by atoms with Crippen LogP contribution in [0.4, 0.5) is 13.2 Å². The summed E-state index contributed by atoms with van der Waals surface area (Å²) in [4.78, 5) is 1.37. The Morgan fingerprint density at radius 2 is 2.00 bits per heavy atom. The molecule has 0 aromatic heterocycles. The van der Waals surface area contributed by atoms with Gasteiger partial charge < -0.3 is 10.1 Å². The highest BCUT2D eigenvalue weighted by molar-refractivity contribution is 5.28. The van der Waals surface area contributed by atoms with Gasteiger partial charge >= 0.3 is 6.18 Å². The second-order valence-corrected chi connectivity index (χ2v) is 4.92. The van der Waals surface area contributed by atoms with Crippen molar-refractivity contribution < 1.29 is 17.9 Å². The maximum Gasteiger partial charge on any atom is 0.401 e. The van der Waals surface area contributed by atoms with Crippen molar-refractivity contribution in [2.75, 3.05) is 33.3 Å². The van der Waals surface area contributed by atoms with E-state index in [4.69, 9.17) is 4.74 Å². The SMILES string of the molecule is CCCN(CCOc1cccc(CNC)c1)CC(F)(F)F. The summed E-state index contributed by atoms with van der Waals surface area (Å²) in [5.74, 6) is 0.686. The lowest BCUT2D eigenvalue weighted by Crippen LogP contribution is -2.37. The molecule has 0 heterocycles. The Kier molecular flexibility index (Phi) is 7.53. The third-order valence-electron chi connectivity index (χ3n) is 2.90. The second-order valence-electron chi connectivity index (χ2n) is 4.92. The Labute approximate surface area is 124 Å². The maximum absolute atomic E-state index is 12.4. The molecule has 21 heavy (non-hydrogen) atoms. The molecule has 1 N–H and O–H groups in total. The summed E-state index contributed by atoms with van der Waals surface area (Å²) >= 11 is 0. The first-order valence-corrected chi connectivity index (χ1v) is 7.10. The number of benzene rings is 1. The number of alkyl halides is 3. The van der Waals surface area contributed by atoms with Crippen LogP contribution in [0.2, 0.25) is 0 Å². The summed E-state index contributed by atoms with van der Waals surface area (Å²) in [5.41, 5.74) is 1.08. The van der Waals surface area contributed by atoms with E-state index in [1.807, 2.05) is 38.2 Å². The van der Waals surface area contributed by atoms with Crippen molar-refractivity contribution in [3.8, 4) is 5.75 Å². The zero-order valence-corrected chi connectivity index (χ0v) is 12.5. The summed E-state index contributed by atoms with van der Waals surface area (Å²) < 4.78 is 42.8. The van der Waals surface area contributed by atoms with Crippen LogP contribution in [0.3, 0.4) is 0 Å². The van der Waals surface area contributed by atoms with Gasteiger partial charge in [-0.05, 0) is 37.7 Å². The molecule has 1 aromatic carbocycles. The monoisotopic (exact) mass is 304 g/mol. The van der Waals surface area contributed by atoms with Crippen molar-refractivity contribution in [3.05, 3.63) is 29.8 Å². The van der Waals surface area contributed by atoms with Gasteiger partial charge in [-0.1, -0.05) is 19.1 Å². The van der Waals surface area contributed by atoms with Crippen LogP contribution in [0, 0.1) is 0 Å². The molecule has 0 saturated carbocycles. The number of hydrogen-bond donors (Lipinski definition) is 1. The lowest BCUT2D eigenvalue weighted by atomic mass is 10.2. The van der Waals surface area contributed by atoms with Crippen molar-refractivity contribution in [2.24, 2.45) is 0 Å². The number of halogens is 3. The van der Waals surface area contributed by atoms with E-state index in [1.165, 1.54) is 4.90 Å². The minimum atomic E-state index is -4.16. The number of rotatable bonds is 9. The Bertz CT molecular complexity index is 410. The van der Waals surface area contributed by atoms with Crippen LogP contribution in [-0.2, 0) is 6.54 Å². The lowest BCUT2D eigenvalue weighted by molar-refractivity contribution is -0.146. The van der Waals surface area contributed by atoms with Crippen LogP contribution in [0.1, 0.15) is 18.9 Å². The summed E-state index contributed by atoms with van der Waals surface area (Å²) in [6.07, 6.45) is -3.48. The third kappa shape index (κ3) is 7.92. The van der Waals surface area contributed by atoms with E-state index in [1.54, 1.807) is 0 Å². The van der Waals surface area contributed by atoms with Gasteiger partial charge in [-0.3, -0.25) is 4.90 Å². The molecule has 3 nitrogen and oxygen atoms in total. The van der Waals surface area contributed by atoms with Crippen LogP contribution >= 0.6 is 0 Å². The van der Waals surface area contributed by atoms with Crippen LogP contribution < -0.4 is 10.1 Å².